The summed E-state index contributed by atoms with van der Waals surface area (Å²) in [5, 5.41) is 6.11. The van der Waals surface area contributed by atoms with Crippen molar-refractivity contribution in [1.29, 1.82) is 0 Å². The number of ether oxygens (including phenoxy) is 1. The third-order valence-electron chi connectivity index (χ3n) is 3.00. The summed E-state index contributed by atoms with van der Waals surface area (Å²) in [4.78, 5) is 11.7. The second-order valence-electron chi connectivity index (χ2n) is 4.21. The van der Waals surface area contributed by atoms with Gasteiger partial charge >= 0.3 is 0 Å². The Balaban J connectivity index is 1.82. The van der Waals surface area contributed by atoms with E-state index in [0.29, 0.717) is 6.54 Å². The third kappa shape index (κ3) is 3.20. The first-order chi connectivity index (χ1) is 8.29. The molecule has 1 aromatic carbocycles. The van der Waals surface area contributed by atoms with Crippen LogP contribution in [-0.2, 0) is 11.3 Å². The molecule has 1 aliphatic rings. The molecule has 92 valence electrons. The minimum absolute atomic E-state index is 0.00625. The molecule has 1 aliphatic heterocycles. The summed E-state index contributed by atoms with van der Waals surface area (Å²) in [6.07, 6.45) is 2.02. The molecule has 0 saturated carbocycles. The highest BCUT2D eigenvalue weighted by Crippen LogP contribution is 2.11. The van der Waals surface area contributed by atoms with Gasteiger partial charge in [-0.3, -0.25) is 4.79 Å². The maximum absolute atomic E-state index is 11.7. The lowest BCUT2D eigenvalue weighted by atomic mass is 10.2. The quantitative estimate of drug-likeness (QED) is 0.819. The average Bonchev–Trinajstić information content (AvgIpc) is 2.90. The largest absolute Gasteiger partial charge is 0.497 e. The summed E-state index contributed by atoms with van der Waals surface area (Å²) in [6, 6.07) is 7.71. The third-order valence-corrected chi connectivity index (χ3v) is 3.00. The van der Waals surface area contributed by atoms with Crippen LogP contribution in [0.4, 0.5) is 0 Å². The van der Waals surface area contributed by atoms with Crippen LogP contribution in [0.15, 0.2) is 24.3 Å². The molecule has 4 heteroatoms. The van der Waals surface area contributed by atoms with Crippen molar-refractivity contribution in [2.24, 2.45) is 0 Å². The van der Waals surface area contributed by atoms with Crippen molar-refractivity contribution in [3.8, 4) is 5.75 Å². The van der Waals surface area contributed by atoms with Crippen molar-refractivity contribution in [2.75, 3.05) is 13.7 Å². The van der Waals surface area contributed by atoms with Crippen LogP contribution < -0.4 is 15.4 Å². The van der Waals surface area contributed by atoms with Gasteiger partial charge in [-0.05, 0) is 37.1 Å². The second-order valence-corrected chi connectivity index (χ2v) is 4.21. The Morgan fingerprint density at radius 1 is 1.47 bits per heavy atom. The molecule has 2 rings (SSSR count). The first kappa shape index (κ1) is 11.9. The Bertz CT molecular complexity index is 370. The van der Waals surface area contributed by atoms with Crippen molar-refractivity contribution in [1.82, 2.24) is 10.6 Å². The number of amides is 1. The predicted molar refractivity (Wildman–Crippen MR) is 65.9 cm³/mol. The molecule has 1 heterocycles. The van der Waals surface area contributed by atoms with Gasteiger partial charge in [0.15, 0.2) is 0 Å². The molecule has 0 bridgehead atoms. The molecule has 4 nitrogen and oxygen atoms in total. The van der Waals surface area contributed by atoms with Gasteiger partial charge in [0.25, 0.3) is 0 Å². The van der Waals surface area contributed by atoms with E-state index in [9.17, 15) is 4.79 Å². The first-order valence-electron chi connectivity index (χ1n) is 5.93. The van der Waals surface area contributed by atoms with E-state index in [4.69, 9.17) is 4.74 Å². The van der Waals surface area contributed by atoms with Crippen molar-refractivity contribution in [2.45, 2.75) is 25.4 Å². The van der Waals surface area contributed by atoms with Gasteiger partial charge in [0.1, 0.15) is 5.75 Å². The van der Waals surface area contributed by atoms with Crippen LogP contribution in [0.5, 0.6) is 5.75 Å². The monoisotopic (exact) mass is 234 g/mol. The van der Waals surface area contributed by atoms with Crippen LogP contribution in [0.25, 0.3) is 0 Å². The number of rotatable bonds is 4. The van der Waals surface area contributed by atoms with Gasteiger partial charge in [-0.25, -0.2) is 0 Å². The molecule has 1 fully saturated rings. The van der Waals surface area contributed by atoms with Crippen LogP contribution in [0.2, 0.25) is 0 Å². The molecule has 1 saturated heterocycles. The van der Waals surface area contributed by atoms with Gasteiger partial charge in [0, 0.05) is 6.54 Å². The molecule has 1 unspecified atom stereocenters. The van der Waals surface area contributed by atoms with Crippen molar-refractivity contribution >= 4 is 5.91 Å². The normalized spacial score (nSPS) is 19.0. The zero-order valence-electron chi connectivity index (χ0n) is 10.0. The van der Waals surface area contributed by atoms with Gasteiger partial charge in [0.2, 0.25) is 5.91 Å². The number of nitrogens with one attached hydrogen (secondary N) is 2. The molecule has 0 radical (unpaired) electrons. The minimum Gasteiger partial charge on any atom is -0.497 e. The van der Waals surface area contributed by atoms with Crippen LogP contribution in [0.3, 0.4) is 0 Å². The van der Waals surface area contributed by atoms with Crippen molar-refractivity contribution in [3.05, 3.63) is 29.8 Å². The topological polar surface area (TPSA) is 50.4 Å². The highest BCUT2D eigenvalue weighted by Gasteiger charge is 2.21. The van der Waals surface area contributed by atoms with Gasteiger partial charge < -0.3 is 15.4 Å². The Kier molecular flexibility index (Phi) is 3.98. The summed E-state index contributed by atoms with van der Waals surface area (Å²) in [6.45, 7) is 1.52. The molecule has 1 aromatic rings. The summed E-state index contributed by atoms with van der Waals surface area (Å²) in [5.41, 5.74) is 1.08. The van der Waals surface area contributed by atoms with E-state index in [2.05, 4.69) is 10.6 Å². The lowest BCUT2D eigenvalue weighted by Gasteiger charge is -2.11. The van der Waals surface area contributed by atoms with Crippen LogP contribution >= 0.6 is 0 Å². The Morgan fingerprint density at radius 3 is 2.82 bits per heavy atom. The van der Waals surface area contributed by atoms with Gasteiger partial charge in [-0.2, -0.15) is 0 Å². The smallest absolute Gasteiger partial charge is 0.237 e. The van der Waals surface area contributed by atoms with E-state index in [-0.39, 0.29) is 11.9 Å². The molecule has 0 spiro atoms. The Labute approximate surface area is 101 Å². The van der Waals surface area contributed by atoms with E-state index in [1.165, 1.54) is 0 Å². The van der Waals surface area contributed by atoms with E-state index in [0.717, 1.165) is 30.7 Å². The Morgan fingerprint density at radius 2 is 2.24 bits per heavy atom. The van der Waals surface area contributed by atoms with Gasteiger partial charge in [-0.1, -0.05) is 12.1 Å². The molecule has 1 amide bonds. The second kappa shape index (κ2) is 5.68. The summed E-state index contributed by atoms with van der Waals surface area (Å²) in [7, 11) is 1.64. The summed E-state index contributed by atoms with van der Waals surface area (Å²) < 4.78 is 5.08. The van der Waals surface area contributed by atoms with E-state index in [1.807, 2.05) is 24.3 Å². The minimum atomic E-state index is -0.00625. The fraction of sp³-hybridized carbons (Fsp3) is 0.462. The van der Waals surface area contributed by atoms with E-state index in [1.54, 1.807) is 7.11 Å². The average molecular weight is 234 g/mol. The van der Waals surface area contributed by atoms with Gasteiger partial charge in [0.05, 0.1) is 13.2 Å². The number of carbonyl (C=O) groups excluding carboxylic acids is 1. The van der Waals surface area contributed by atoms with Crippen LogP contribution in [0.1, 0.15) is 18.4 Å². The Hall–Kier alpha value is -1.55. The fourth-order valence-corrected chi connectivity index (χ4v) is 1.96. The lowest BCUT2D eigenvalue weighted by molar-refractivity contribution is -0.122. The standard InChI is InChI=1S/C13H18N2O2/c1-17-11-6-4-10(5-7-11)9-15-13(16)12-3-2-8-14-12/h4-7,12,14H,2-3,8-9H2,1H3,(H,15,16). The highest BCUT2D eigenvalue weighted by atomic mass is 16.5. The first-order valence-corrected chi connectivity index (χ1v) is 5.93. The molecule has 17 heavy (non-hydrogen) atoms. The van der Waals surface area contributed by atoms with E-state index < -0.39 is 0 Å². The summed E-state index contributed by atoms with van der Waals surface area (Å²) >= 11 is 0. The number of hydrogen-bond donors (Lipinski definition) is 2. The van der Waals surface area contributed by atoms with E-state index >= 15 is 0 Å². The summed E-state index contributed by atoms with van der Waals surface area (Å²) in [5.74, 6) is 0.927. The predicted octanol–water partition coefficient (Wildman–Crippen LogP) is 1.06. The number of methoxy groups -OCH3 is 1. The molecular formula is C13H18N2O2. The number of carbonyl (C=O) groups is 1. The fourth-order valence-electron chi connectivity index (χ4n) is 1.96. The zero-order valence-corrected chi connectivity index (χ0v) is 10.0. The van der Waals surface area contributed by atoms with Crippen LogP contribution in [-0.4, -0.2) is 25.6 Å². The number of benzene rings is 1. The molecule has 2 N–H and O–H groups in total. The van der Waals surface area contributed by atoms with Gasteiger partial charge in [-0.15, -0.1) is 0 Å². The van der Waals surface area contributed by atoms with Crippen molar-refractivity contribution < 1.29 is 9.53 Å². The molecular weight excluding hydrogens is 216 g/mol. The maximum Gasteiger partial charge on any atom is 0.237 e. The lowest BCUT2D eigenvalue weighted by Crippen LogP contribution is -2.39. The molecule has 1 atom stereocenters. The molecule has 0 aromatic heterocycles. The SMILES string of the molecule is COc1ccc(CNC(=O)C2CCCN2)cc1. The highest BCUT2D eigenvalue weighted by molar-refractivity contribution is 5.81. The zero-order chi connectivity index (χ0) is 12.1. The van der Waals surface area contributed by atoms with Crippen LogP contribution in [0, 0.1) is 0 Å². The van der Waals surface area contributed by atoms with Crippen molar-refractivity contribution in [3.63, 3.8) is 0 Å². The number of hydrogen-bond acceptors (Lipinski definition) is 3. The maximum atomic E-state index is 11.7. The molecule has 0 aliphatic carbocycles.